The van der Waals surface area contributed by atoms with E-state index in [9.17, 15) is 9.59 Å². The lowest BCUT2D eigenvalue weighted by Gasteiger charge is -2.16. The van der Waals surface area contributed by atoms with Crippen LogP contribution in [0, 0.1) is 12.8 Å². The summed E-state index contributed by atoms with van der Waals surface area (Å²) in [5, 5.41) is 11.5. The fraction of sp³-hybridized carbons (Fsp3) is 0.467. The standard InChI is InChI=1S/C15H21NO3/c1-10-4-6-13(7-5-10)12(3)16-14(17)8-11(2)9-15(18)19/h4-7,11-12H,8-9H2,1-3H3,(H,16,17)(H,18,19)/t11?,12-/m1/s1. The van der Waals surface area contributed by atoms with E-state index in [4.69, 9.17) is 5.11 Å². The second kappa shape index (κ2) is 6.92. The van der Waals surface area contributed by atoms with Gasteiger partial charge in [0.2, 0.25) is 5.91 Å². The second-order valence-corrected chi connectivity index (χ2v) is 5.11. The number of carbonyl (C=O) groups is 2. The number of rotatable bonds is 6. The van der Waals surface area contributed by atoms with Crippen LogP contribution in [-0.2, 0) is 9.59 Å². The minimum atomic E-state index is -0.869. The average molecular weight is 263 g/mol. The van der Waals surface area contributed by atoms with Crippen molar-refractivity contribution in [1.29, 1.82) is 0 Å². The quantitative estimate of drug-likeness (QED) is 0.829. The van der Waals surface area contributed by atoms with Gasteiger partial charge in [-0.15, -0.1) is 0 Å². The largest absolute Gasteiger partial charge is 0.481 e. The topological polar surface area (TPSA) is 66.4 Å². The molecule has 19 heavy (non-hydrogen) atoms. The van der Waals surface area contributed by atoms with Gasteiger partial charge in [-0.3, -0.25) is 9.59 Å². The lowest BCUT2D eigenvalue weighted by atomic mass is 10.0. The monoisotopic (exact) mass is 263 g/mol. The van der Waals surface area contributed by atoms with Gasteiger partial charge in [0, 0.05) is 12.8 Å². The molecule has 0 aliphatic rings. The molecule has 104 valence electrons. The van der Waals surface area contributed by atoms with Gasteiger partial charge in [-0.25, -0.2) is 0 Å². The number of hydrogen-bond acceptors (Lipinski definition) is 2. The van der Waals surface area contributed by atoms with Gasteiger partial charge in [-0.2, -0.15) is 0 Å². The number of amides is 1. The molecular weight excluding hydrogens is 242 g/mol. The van der Waals surface area contributed by atoms with E-state index < -0.39 is 5.97 Å². The van der Waals surface area contributed by atoms with Crippen LogP contribution >= 0.6 is 0 Å². The maximum Gasteiger partial charge on any atom is 0.303 e. The first kappa shape index (κ1) is 15.2. The molecule has 1 aromatic rings. The first-order valence-electron chi connectivity index (χ1n) is 6.46. The number of carbonyl (C=O) groups excluding carboxylic acids is 1. The summed E-state index contributed by atoms with van der Waals surface area (Å²) >= 11 is 0. The van der Waals surface area contributed by atoms with Crippen LogP contribution in [0.4, 0.5) is 0 Å². The zero-order valence-corrected chi connectivity index (χ0v) is 11.6. The Hall–Kier alpha value is -1.84. The van der Waals surface area contributed by atoms with Crippen molar-refractivity contribution in [2.45, 2.75) is 39.7 Å². The van der Waals surface area contributed by atoms with E-state index in [0.29, 0.717) is 0 Å². The molecule has 0 fully saturated rings. The molecule has 1 unspecified atom stereocenters. The molecule has 0 saturated carbocycles. The Kier molecular flexibility index (Phi) is 5.55. The van der Waals surface area contributed by atoms with Crippen molar-refractivity contribution in [3.63, 3.8) is 0 Å². The minimum absolute atomic E-state index is 0.0202. The molecule has 0 aliphatic heterocycles. The third-order valence-electron chi connectivity index (χ3n) is 3.01. The molecular formula is C15H21NO3. The maximum atomic E-state index is 11.8. The van der Waals surface area contributed by atoms with Crippen LogP contribution < -0.4 is 5.32 Å². The zero-order chi connectivity index (χ0) is 14.4. The fourth-order valence-electron chi connectivity index (χ4n) is 1.93. The van der Waals surface area contributed by atoms with E-state index in [1.54, 1.807) is 6.92 Å². The molecule has 0 aliphatic carbocycles. The van der Waals surface area contributed by atoms with Crippen LogP contribution in [-0.4, -0.2) is 17.0 Å². The molecule has 0 spiro atoms. The Bertz CT molecular complexity index is 439. The predicted molar refractivity (Wildman–Crippen MR) is 73.8 cm³/mol. The molecule has 2 atom stereocenters. The van der Waals surface area contributed by atoms with Crippen LogP contribution in [0.5, 0.6) is 0 Å². The molecule has 1 amide bonds. The zero-order valence-electron chi connectivity index (χ0n) is 11.6. The smallest absolute Gasteiger partial charge is 0.303 e. The van der Waals surface area contributed by atoms with Crippen LogP contribution in [0.25, 0.3) is 0 Å². The van der Waals surface area contributed by atoms with Crippen molar-refractivity contribution < 1.29 is 14.7 Å². The summed E-state index contributed by atoms with van der Waals surface area (Å²) in [5.41, 5.74) is 2.22. The van der Waals surface area contributed by atoms with Crippen molar-refractivity contribution in [2.75, 3.05) is 0 Å². The number of carboxylic acids is 1. The number of nitrogens with one attached hydrogen (secondary N) is 1. The van der Waals surface area contributed by atoms with Crippen molar-refractivity contribution in [1.82, 2.24) is 5.32 Å². The lowest BCUT2D eigenvalue weighted by Crippen LogP contribution is -2.28. The molecule has 2 N–H and O–H groups in total. The summed E-state index contributed by atoms with van der Waals surface area (Å²) < 4.78 is 0. The van der Waals surface area contributed by atoms with Crippen LogP contribution in [0.1, 0.15) is 43.9 Å². The van der Waals surface area contributed by atoms with E-state index in [0.717, 1.165) is 5.56 Å². The summed E-state index contributed by atoms with van der Waals surface area (Å²) in [7, 11) is 0. The van der Waals surface area contributed by atoms with Gasteiger partial charge in [0.1, 0.15) is 0 Å². The predicted octanol–water partition coefficient (Wildman–Crippen LogP) is 2.67. The Labute approximate surface area is 113 Å². The van der Waals surface area contributed by atoms with Crippen LogP contribution in [0.2, 0.25) is 0 Å². The molecule has 0 bridgehead atoms. The van der Waals surface area contributed by atoms with Crippen molar-refractivity contribution in [3.05, 3.63) is 35.4 Å². The molecule has 4 heteroatoms. The van der Waals surface area contributed by atoms with E-state index in [-0.39, 0.29) is 30.7 Å². The Morgan fingerprint density at radius 2 is 1.74 bits per heavy atom. The van der Waals surface area contributed by atoms with Gasteiger partial charge < -0.3 is 10.4 Å². The maximum absolute atomic E-state index is 11.8. The lowest BCUT2D eigenvalue weighted by molar-refractivity contribution is -0.138. The second-order valence-electron chi connectivity index (χ2n) is 5.11. The van der Waals surface area contributed by atoms with Crippen LogP contribution in [0.15, 0.2) is 24.3 Å². The minimum Gasteiger partial charge on any atom is -0.481 e. The third kappa shape index (κ3) is 5.55. The van der Waals surface area contributed by atoms with E-state index >= 15 is 0 Å². The average Bonchev–Trinajstić information content (AvgIpc) is 2.27. The summed E-state index contributed by atoms with van der Waals surface area (Å²) in [6.07, 6.45) is 0.259. The van der Waals surface area contributed by atoms with Gasteiger partial charge in [0.15, 0.2) is 0 Å². The van der Waals surface area contributed by atoms with Gasteiger partial charge in [-0.1, -0.05) is 36.8 Å². The number of benzene rings is 1. The summed E-state index contributed by atoms with van der Waals surface area (Å²) in [4.78, 5) is 22.3. The van der Waals surface area contributed by atoms with Crippen molar-refractivity contribution in [3.8, 4) is 0 Å². The highest BCUT2D eigenvalue weighted by atomic mass is 16.4. The SMILES string of the molecule is Cc1ccc([C@@H](C)NC(=O)CC(C)CC(=O)O)cc1. The highest BCUT2D eigenvalue weighted by molar-refractivity contribution is 5.77. The molecule has 1 rings (SSSR count). The summed E-state index contributed by atoms with van der Waals surface area (Å²) in [5.74, 6) is -1.13. The fourth-order valence-corrected chi connectivity index (χ4v) is 1.93. The highest BCUT2D eigenvalue weighted by Crippen LogP contribution is 2.14. The Morgan fingerprint density at radius 3 is 2.26 bits per heavy atom. The van der Waals surface area contributed by atoms with Crippen molar-refractivity contribution in [2.24, 2.45) is 5.92 Å². The van der Waals surface area contributed by atoms with Crippen molar-refractivity contribution >= 4 is 11.9 Å². The first-order valence-corrected chi connectivity index (χ1v) is 6.46. The number of carboxylic acid groups (broad SMARTS) is 1. The van der Waals surface area contributed by atoms with E-state index in [2.05, 4.69) is 5.32 Å². The molecule has 1 aromatic carbocycles. The Balaban J connectivity index is 2.47. The Morgan fingerprint density at radius 1 is 1.16 bits per heavy atom. The van der Waals surface area contributed by atoms with Gasteiger partial charge >= 0.3 is 5.97 Å². The molecule has 4 nitrogen and oxygen atoms in total. The first-order chi connectivity index (χ1) is 8.88. The molecule has 0 heterocycles. The number of aliphatic carboxylic acids is 1. The number of aryl methyl sites for hydroxylation is 1. The number of hydrogen-bond donors (Lipinski definition) is 2. The van der Waals surface area contributed by atoms with Gasteiger partial charge in [0.05, 0.1) is 6.04 Å². The molecule has 0 saturated heterocycles. The highest BCUT2D eigenvalue weighted by Gasteiger charge is 2.14. The summed E-state index contributed by atoms with van der Waals surface area (Å²) in [6, 6.07) is 7.92. The van der Waals surface area contributed by atoms with E-state index in [1.165, 1.54) is 5.56 Å². The summed E-state index contributed by atoms with van der Waals surface area (Å²) in [6.45, 7) is 5.70. The van der Waals surface area contributed by atoms with Gasteiger partial charge in [0.25, 0.3) is 0 Å². The molecule has 0 aromatic heterocycles. The molecule has 0 radical (unpaired) electrons. The normalized spacial score (nSPS) is 13.6. The van der Waals surface area contributed by atoms with Gasteiger partial charge in [-0.05, 0) is 25.3 Å². The third-order valence-corrected chi connectivity index (χ3v) is 3.01. The van der Waals surface area contributed by atoms with Crippen LogP contribution in [0.3, 0.4) is 0 Å². The van der Waals surface area contributed by atoms with E-state index in [1.807, 2.05) is 38.1 Å².